The van der Waals surface area contributed by atoms with Crippen LogP contribution >= 0.6 is 11.8 Å². The van der Waals surface area contributed by atoms with E-state index in [0.717, 1.165) is 23.6 Å². The summed E-state index contributed by atoms with van der Waals surface area (Å²) in [5.74, 6) is 0.877. The maximum atomic E-state index is 9.14. The van der Waals surface area contributed by atoms with E-state index in [4.69, 9.17) is 5.11 Å². The van der Waals surface area contributed by atoms with Crippen molar-refractivity contribution in [2.75, 3.05) is 18.9 Å². The minimum absolute atomic E-state index is 0.176. The highest BCUT2D eigenvalue weighted by Gasteiger charge is 2.07. The molecule has 86 valence electrons. The summed E-state index contributed by atoms with van der Waals surface area (Å²) in [5.41, 5.74) is 0. The molecule has 1 aromatic rings. The van der Waals surface area contributed by atoms with E-state index in [0.29, 0.717) is 0 Å². The van der Waals surface area contributed by atoms with Gasteiger partial charge in [0.2, 0.25) is 0 Å². The summed E-state index contributed by atoms with van der Waals surface area (Å²) in [7, 11) is 1.91. The topological polar surface area (TPSA) is 50.1 Å². The predicted octanol–water partition coefficient (Wildman–Crippen LogP) is 0.873. The van der Waals surface area contributed by atoms with Gasteiger partial charge in [-0.3, -0.25) is 4.68 Å². The Kier molecular flexibility index (Phi) is 5.75. The molecule has 15 heavy (non-hydrogen) atoms. The number of hydrogen-bond donors (Lipinski definition) is 2. The molecule has 1 atom stereocenters. The van der Waals surface area contributed by atoms with Crippen molar-refractivity contribution < 1.29 is 5.11 Å². The fourth-order valence-electron chi connectivity index (χ4n) is 1.19. The van der Waals surface area contributed by atoms with E-state index in [1.165, 1.54) is 0 Å². The quantitative estimate of drug-likeness (QED) is 0.681. The lowest BCUT2D eigenvalue weighted by Gasteiger charge is -2.14. The SMILES string of the molecule is CCCNC(CO)CSc1cnn(C)c1. The van der Waals surface area contributed by atoms with E-state index >= 15 is 0 Å². The summed E-state index contributed by atoms with van der Waals surface area (Å²) >= 11 is 1.72. The molecule has 0 aliphatic heterocycles. The Morgan fingerprint density at radius 2 is 2.47 bits per heavy atom. The summed E-state index contributed by atoms with van der Waals surface area (Å²) < 4.78 is 1.79. The van der Waals surface area contributed by atoms with Crippen molar-refractivity contribution in [2.24, 2.45) is 7.05 Å². The number of rotatable bonds is 7. The largest absolute Gasteiger partial charge is 0.395 e. The van der Waals surface area contributed by atoms with Crippen LogP contribution in [-0.2, 0) is 7.05 Å². The van der Waals surface area contributed by atoms with Gasteiger partial charge in [0.15, 0.2) is 0 Å². The van der Waals surface area contributed by atoms with Crippen LogP contribution in [0.15, 0.2) is 17.3 Å². The molecule has 1 rings (SSSR count). The first kappa shape index (κ1) is 12.5. The summed E-state index contributed by atoms with van der Waals surface area (Å²) in [5, 5.41) is 16.5. The molecule has 0 bridgehead atoms. The van der Waals surface area contributed by atoms with Crippen molar-refractivity contribution in [1.29, 1.82) is 0 Å². The number of aryl methyl sites for hydroxylation is 1. The summed E-state index contributed by atoms with van der Waals surface area (Å²) in [6, 6.07) is 0.176. The van der Waals surface area contributed by atoms with Crippen molar-refractivity contribution in [3.63, 3.8) is 0 Å². The normalized spacial score (nSPS) is 13.0. The number of nitrogens with zero attached hydrogens (tertiary/aromatic N) is 2. The van der Waals surface area contributed by atoms with Crippen LogP contribution in [-0.4, -0.2) is 39.8 Å². The lowest BCUT2D eigenvalue weighted by atomic mass is 10.3. The number of nitrogens with one attached hydrogen (secondary N) is 1. The zero-order chi connectivity index (χ0) is 11.1. The van der Waals surface area contributed by atoms with Gasteiger partial charge < -0.3 is 10.4 Å². The molecule has 4 nitrogen and oxygen atoms in total. The van der Waals surface area contributed by atoms with E-state index in [9.17, 15) is 0 Å². The highest BCUT2D eigenvalue weighted by Crippen LogP contribution is 2.17. The van der Waals surface area contributed by atoms with Gasteiger partial charge in [0.05, 0.1) is 12.8 Å². The number of aliphatic hydroxyl groups is 1. The number of aliphatic hydroxyl groups excluding tert-OH is 1. The Morgan fingerprint density at radius 3 is 3.00 bits per heavy atom. The van der Waals surface area contributed by atoms with Crippen LogP contribution in [0.1, 0.15) is 13.3 Å². The van der Waals surface area contributed by atoms with E-state index in [-0.39, 0.29) is 12.6 Å². The highest BCUT2D eigenvalue weighted by atomic mass is 32.2. The predicted molar refractivity (Wildman–Crippen MR) is 63.1 cm³/mol. The Bertz CT molecular complexity index is 277. The minimum Gasteiger partial charge on any atom is -0.395 e. The van der Waals surface area contributed by atoms with E-state index in [2.05, 4.69) is 17.3 Å². The first-order valence-electron chi connectivity index (χ1n) is 5.22. The second-order valence-corrected chi connectivity index (χ2v) is 4.59. The molecule has 0 spiro atoms. The van der Waals surface area contributed by atoms with Gasteiger partial charge in [-0.1, -0.05) is 6.92 Å². The van der Waals surface area contributed by atoms with Crippen LogP contribution in [0.2, 0.25) is 0 Å². The van der Waals surface area contributed by atoms with E-state index in [1.807, 2.05) is 19.4 Å². The van der Waals surface area contributed by atoms with Gasteiger partial charge in [0, 0.05) is 29.9 Å². The average Bonchev–Trinajstić information content (AvgIpc) is 2.65. The second kappa shape index (κ2) is 6.87. The van der Waals surface area contributed by atoms with Crippen LogP contribution in [0.4, 0.5) is 0 Å². The highest BCUT2D eigenvalue weighted by molar-refractivity contribution is 7.99. The Hall–Kier alpha value is -0.520. The van der Waals surface area contributed by atoms with Gasteiger partial charge in [0.25, 0.3) is 0 Å². The maximum absolute atomic E-state index is 9.14. The maximum Gasteiger partial charge on any atom is 0.0625 e. The standard InChI is InChI=1S/C10H19N3OS/c1-3-4-11-9(7-14)8-15-10-5-12-13(2)6-10/h5-6,9,11,14H,3-4,7-8H2,1-2H3. The molecule has 0 amide bonds. The Balaban J connectivity index is 2.27. The number of thioether (sulfide) groups is 1. The molecule has 0 aliphatic rings. The van der Waals surface area contributed by atoms with Gasteiger partial charge in [0.1, 0.15) is 0 Å². The fraction of sp³-hybridized carbons (Fsp3) is 0.700. The molecule has 0 radical (unpaired) electrons. The third kappa shape index (κ3) is 4.68. The molecule has 2 N–H and O–H groups in total. The molecule has 0 saturated carbocycles. The van der Waals surface area contributed by atoms with Crippen molar-refractivity contribution in [2.45, 2.75) is 24.3 Å². The van der Waals surface area contributed by atoms with Crippen molar-refractivity contribution >= 4 is 11.8 Å². The first-order valence-corrected chi connectivity index (χ1v) is 6.20. The monoisotopic (exact) mass is 229 g/mol. The van der Waals surface area contributed by atoms with Gasteiger partial charge in [-0.25, -0.2) is 0 Å². The van der Waals surface area contributed by atoms with Gasteiger partial charge in [-0.2, -0.15) is 5.10 Å². The molecule has 0 fully saturated rings. The molecule has 5 heteroatoms. The van der Waals surface area contributed by atoms with Crippen LogP contribution < -0.4 is 5.32 Å². The van der Waals surface area contributed by atoms with Crippen LogP contribution in [0, 0.1) is 0 Å². The Labute approximate surface area is 95.1 Å². The molecular weight excluding hydrogens is 210 g/mol. The average molecular weight is 229 g/mol. The Morgan fingerprint density at radius 1 is 1.67 bits per heavy atom. The summed E-state index contributed by atoms with van der Waals surface area (Å²) in [6.45, 7) is 3.27. The molecular formula is C10H19N3OS. The molecule has 0 saturated heterocycles. The van der Waals surface area contributed by atoms with Crippen molar-refractivity contribution in [3.05, 3.63) is 12.4 Å². The smallest absolute Gasteiger partial charge is 0.0625 e. The molecule has 0 aromatic carbocycles. The van der Waals surface area contributed by atoms with E-state index in [1.54, 1.807) is 16.4 Å². The minimum atomic E-state index is 0.176. The number of hydrogen-bond acceptors (Lipinski definition) is 4. The summed E-state index contributed by atoms with van der Waals surface area (Å²) in [6.07, 6.45) is 4.92. The van der Waals surface area contributed by atoms with Gasteiger partial charge in [-0.05, 0) is 13.0 Å². The first-order chi connectivity index (χ1) is 7.26. The zero-order valence-corrected chi connectivity index (χ0v) is 10.1. The fourth-order valence-corrected chi connectivity index (χ4v) is 2.16. The zero-order valence-electron chi connectivity index (χ0n) is 9.31. The van der Waals surface area contributed by atoms with Gasteiger partial charge >= 0.3 is 0 Å². The van der Waals surface area contributed by atoms with Crippen LogP contribution in [0.25, 0.3) is 0 Å². The molecule has 1 aromatic heterocycles. The summed E-state index contributed by atoms with van der Waals surface area (Å²) in [4.78, 5) is 1.15. The lowest BCUT2D eigenvalue weighted by molar-refractivity contribution is 0.254. The van der Waals surface area contributed by atoms with Crippen molar-refractivity contribution in [3.8, 4) is 0 Å². The van der Waals surface area contributed by atoms with Gasteiger partial charge in [-0.15, -0.1) is 11.8 Å². The third-order valence-electron chi connectivity index (χ3n) is 2.04. The lowest BCUT2D eigenvalue weighted by Crippen LogP contribution is -2.35. The third-order valence-corrected chi connectivity index (χ3v) is 3.15. The molecule has 1 heterocycles. The number of aromatic nitrogens is 2. The second-order valence-electron chi connectivity index (χ2n) is 3.49. The van der Waals surface area contributed by atoms with Crippen LogP contribution in [0.3, 0.4) is 0 Å². The molecule has 1 unspecified atom stereocenters. The van der Waals surface area contributed by atoms with Crippen molar-refractivity contribution in [1.82, 2.24) is 15.1 Å². The van der Waals surface area contributed by atoms with Crippen LogP contribution in [0.5, 0.6) is 0 Å². The molecule has 0 aliphatic carbocycles. The van der Waals surface area contributed by atoms with E-state index < -0.39 is 0 Å².